The van der Waals surface area contributed by atoms with Crippen LogP contribution >= 0.6 is 0 Å². The van der Waals surface area contributed by atoms with Crippen molar-refractivity contribution < 1.29 is 9.26 Å². The van der Waals surface area contributed by atoms with Crippen molar-refractivity contribution in [3.05, 3.63) is 11.7 Å². The van der Waals surface area contributed by atoms with E-state index < -0.39 is 0 Å². The highest BCUT2D eigenvalue weighted by Crippen LogP contribution is 2.34. The molecular formula is C13H25N3O2. The first-order valence-electron chi connectivity index (χ1n) is 6.48. The van der Waals surface area contributed by atoms with E-state index in [9.17, 15) is 0 Å². The Bertz CT molecular complexity index is 369. The molecule has 1 unspecified atom stereocenters. The van der Waals surface area contributed by atoms with Gasteiger partial charge in [-0.2, -0.15) is 4.98 Å². The van der Waals surface area contributed by atoms with Gasteiger partial charge in [0.1, 0.15) is 6.10 Å². The molecule has 1 heterocycles. The summed E-state index contributed by atoms with van der Waals surface area (Å²) in [7, 11) is 0. The lowest BCUT2D eigenvalue weighted by atomic mass is 9.88. The number of aromatic nitrogens is 2. The van der Waals surface area contributed by atoms with E-state index in [1.54, 1.807) is 0 Å². The Morgan fingerprint density at radius 3 is 2.39 bits per heavy atom. The minimum atomic E-state index is -0.228. The molecule has 0 spiro atoms. The molecule has 0 aromatic carbocycles. The maximum atomic E-state index is 6.00. The number of nitrogens with two attached hydrogens (primary N) is 1. The van der Waals surface area contributed by atoms with Crippen molar-refractivity contribution >= 4 is 0 Å². The second kappa shape index (κ2) is 5.80. The lowest BCUT2D eigenvalue weighted by Crippen LogP contribution is -2.23. The summed E-state index contributed by atoms with van der Waals surface area (Å²) in [6, 6.07) is -0.228. The van der Waals surface area contributed by atoms with Gasteiger partial charge in [0.15, 0.2) is 0 Å². The Kier molecular flexibility index (Phi) is 4.87. The number of hydrogen-bond acceptors (Lipinski definition) is 5. The van der Waals surface area contributed by atoms with Crippen LogP contribution in [0.4, 0.5) is 0 Å². The molecule has 5 nitrogen and oxygen atoms in total. The summed E-state index contributed by atoms with van der Waals surface area (Å²) in [6.45, 7) is 12.9. The van der Waals surface area contributed by atoms with Gasteiger partial charge in [0, 0.05) is 6.61 Å². The molecule has 2 atom stereocenters. The van der Waals surface area contributed by atoms with Gasteiger partial charge in [-0.1, -0.05) is 39.8 Å². The predicted octanol–water partition coefficient (Wildman–Crippen LogP) is 2.85. The molecule has 0 radical (unpaired) electrons. The highest BCUT2D eigenvalue weighted by atomic mass is 16.5. The molecule has 104 valence electrons. The topological polar surface area (TPSA) is 74.2 Å². The third kappa shape index (κ3) is 3.53. The van der Waals surface area contributed by atoms with Gasteiger partial charge in [-0.05, 0) is 18.3 Å². The molecule has 0 aliphatic heterocycles. The fourth-order valence-electron chi connectivity index (χ4n) is 1.65. The molecule has 18 heavy (non-hydrogen) atoms. The quantitative estimate of drug-likeness (QED) is 0.875. The van der Waals surface area contributed by atoms with E-state index in [0.29, 0.717) is 18.3 Å². The second-order valence-electron chi connectivity index (χ2n) is 5.96. The predicted molar refractivity (Wildman–Crippen MR) is 69.9 cm³/mol. The maximum Gasteiger partial charge on any atom is 0.243 e. The van der Waals surface area contributed by atoms with E-state index in [1.165, 1.54) is 0 Å². The van der Waals surface area contributed by atoms with Crippen molar-refractivity contribution in [3.63, 3.8) is 0 Å². The molecule has 0 amide bonds. The van der Waals surface area contributed by atoms with Crippen LogP contribution in [-0.2, 0) is 4.74 Å². The van der Waals surface area contributed by atoms with E-state index in [0.717, 1.165) is 0 Å². The third-order valence-corrected chi connectivity index (χ3v) is 2.82. The van der Waals surface area contributed by atoms with E-state index in [-0.39, 0.29) is 23.5 Å². The first-order chi connectivity index (χ1) is 8.27. The Balaban J connectivity index is 2.95. The van der Waals surface area contributed by atoms with Gasteiger partial charge in [-0.3, -0.25) is 0 Å². The van der Waals surface area contributed by atoms with Crippen LogP contribution in [-0.4, -0.2) is 16.7 Å². The monoisotopic (exact) mass is 255 g/mol. The SMILES string of the molecule is CCOC(c1noc([C@@H](N)C(C)C)n1)C(C)(C)C. The summed E-state index contributed by atoms with van der Waals surface area (Å²) >= 11 is 0. The molecule has 1 rings (SSSR count). The zero-order valence-corrected chi connectivity index (χ0v) is 12.2. The van der Waals surface area contributed by atoms with E-state index >= 15 is 0 Å². The minimum Gasteiger partial charge on any atom is -0.370 e. The van der Waals surface area contributed by atoms with Gasteiger partial charge in [-0.15, -0.1) is 0 Å². The van der Waals surface area contributed by atoms with Gasteiger partial charge in [0.25, 0.3) is 0 Å². The average Bonchev–Trinajstić information content (AvgIpc) is 2.71. The lowest BCUT2D eigenvalue weighted by molar-refractivity contribution is -0.0203. The van der Waals surface area contributed by atoms with E-state index in [1.807, 2.05) is 20.8 Å². The van der Waals surface area contributed by atoms with Gasteiger partial charge in [0.2, 0.25) is 11.7 Å². The van der Waals surface area contributed by atoms with Crippen LogP contribution < -0.4 is 5.73 Å². The Labute approximate surface area is 109 Å². The smallest absolute Gasteiger partial charge is 0.243 e. The maximum absolute atomic E-state index is 6.00. The summed E-state index contributed by atoms with van der Waals surface area (Å²) in [5.41, 5.74) is 5.91. The fourth-order valence-corrected chi connectivity index (χ4v) is 1.65. The number of ether oxygens (including phenoxy) is 1. The van der Waals surface area contributed by atoms with Crippen molar-refractivity contribution in [3.8, 4) is 0 Å². The molecule has 1 aromatic rings. The van der Waals surface area contributed by atoms with Gasteiger partial charge in [0.05, 0.1) is 6.04 Å². The molecule has 2 N–H and O–H groups in total. The largest absolute Gasteiger partial charge is 0.370 e. The van der Waals surface area contributed by atoms with Crippen LogP contribution in [0.3, 0.4) is 0 Å². The van der Waals surface area contributed by atoms with Crippen LogP contribution in [0.25, 0.3) is 0 Å². The van der Waals surface area contributed by atoms with Crippen molar-refractivity contribution in [2.24, 2.45) is 17.1 Å². The van der Waals surface area contributed by atoms with Crippen molar-refractivity contribution in [1.82, 2.24) is 10.1 Å². The summed E-state index contributed by atoms with van der Waals surface area (Å²) in [5, 5.41) is 4.01. The molecule has 0 bridgehead atoms. The van der Waals surface area contributed by atoms with Crippen molar-refractivity contribution in [2.75, 3.05) is 6.61 Å². The van der Waals surface area contributed by atoms with Gasteiger partial charge in [-0.25, -0.2) is 0 Å². The van der Waals surface area contributed by atoms with Gasteiger partial charge >= 0.3 is 0 Å². The molecule has 1 aromatic heterocycles. The minimum absolute atomic E-state index is 0.0842. The number of nitrogens with zero attached hydrogens (tertiary/aromatic N) is 2. The van der Waals surface area contributed by atoms with Gasteiger partial charge < -0.3 is 15.0 Å². The fraction of sp³-hybridized carbons (Fsp3) is 0.846. The summed E-state index contributed by atoms with van der Waals surface area (Å²) in [6.07, 6.45) is -0.181. The highest BCUT2D eigenvalue weighted by molar-refractivity contribution is 4.99. The molecule has 0 saturated carbocycles. The average molecular weight is 255 g/mol. The van der Waals surface area contributed by atoms with Crippen molar-refractivity contribution in [1.29, 1.82) is 0 Å². The van der Waals surface area contributed by atoms with E-state index in [2.05, 4.69) is 30.9 Å². The molecule has 0 saturated heterocycles. The number of hydrogen-bond donors (Lipinski definition) is 1. The molecular weight excluding hydrogens is 230 g/mol. The first kappa shape index (κ1) is 15.1. The molecule has 0 aliphatic rings. The van der Waals surface area contributed by atoms with Crippen molar-refractivity contribution in [2.45, 2.75) is 53.7 Å². The first-order valence-corrected chi connectivity index (χ1v) is 6.48. The zero-order valence-electron chi connectivity index (χ0n) is 12.2. The summed E-state index contributed by atoms with van der Waals surface area (Å²) < 4.78 is 11.0. The Hall–Kier alpha value is -0.940. The summed E-state index contributed by atoms with van der Waals surface area (Å²) in [5.74, 6) is 1.32. The number of rotatable bonds is 5. The van der Waals surface area contributed by atoms with Crippen LogP contribution in [0.5, 0.6) is 0 Å². The van der Waals surface area contributed by atoms with Crippen LogP contribution in [0.2, 0.25) is 0 Å². The van der Waals surface area contributed by atoms with Crippen LogP contribution in [0.15, 0.2) is 4.52 Å². The Morgan fingerprint density at radius 1 is 1.33 bits per heavy atom. The normalized spacial score (nSPS) is 16.0. The molecule has 5 heteroatoms. The molecule has 0 aliphatic carbocycles. The van der Waals surface area contributed by atoms with Crippen LogP contribution in [0, 0.1) is 11.3 Å². The standard InChI is InChI=1S/C13H25N3O2/c1-7-17-10(13(4,5)6)11-15-12(18-16-11)9(14)8(2)3/h8-10H,7,14H2,1-6H3/t9-,10?/m0/s1. The van der Waals surface area contributed by atoms with E-state index in [4.69, 9.17) is 15.0 Å². The Morgan fingerprint density at radius 2 is 1.94 bits per heavy atom. The third-order valence-electron chi connectivity index (χ3n) is 2.82. The zero-order chi connectivity index (χ0) is 13.9. The summed E-state index contributed by atoms with van der Waals surface area (Å²) in [4.78, 5) is 4.39. The lowest BCUT2D eigenvalue weighted by Gasteiger charge is -2.27. The second-order valence-corrected chi connectivity index (χ2v) is 5.96. The highest BCUT2D eigenvalue weighted by Gasteiger charge is 2.32. The molecule has 0 fully saturated rings. The van der Waals surface area contributed by atoms with Crippen LogP contribution in [0.1, 0.15) is 65.4 Å².